The second-order valence-electron chi connectivity index (χ2n) is 9.00. The lowest BCUT2D eigenvalue weighted by Crippen LogP contribution is -2.53. The molecule has 5 rings (SSSR count). The van der Waals surface area contributed by atoms with Crippen molar-refractivity contribution in [2.24, 2.45) is 17.1 Å². The highest BCUT2D eigenvalue weighted by Gasteiger charge is 2.58. The Labute approximate surface area is 162 Å². The molecular weight excluding hydrogens is 369 g/mol. The van der Waals surface area contributed by atoms with Gasteiger partial charge in [-0.3, -0.25) is 4.79 Å². The third-order valence-corrected chi connectivity index (χ3v) is 7.47. The lowest BCUT2D eigenvalue weighted by atomic mass is 9.78. The second kappa shape index (κ2) is 6.08. The number of likely N-dealkylation sites (tertiary alicyclic amines) is 1. The molecule has 1 aromatic heterocycles. The van der Waals surface area contributed by atoms with E-state index in [9.17, 15) is 18.0 Å². The Hall–Kier alpha value is -1.83. The minimum Gasteiger partial charge on any atom is -0.350 e. The normalized spacial score (nSPS) is 37.0. The third kappa shape index (κ3) is 2.64. The van der Waals surface area contributed by atoms with Crippen LogP contribution in [-0.2, 0) is 11.0 Å². The molecule has 2 bridgehead atoms. The fourth-order valence-corrected chi connectivity index (χ4v) is 6.28. The quantitative estimate of drug-likeness (QED) is 0.838. The summed E-state index contributed by atoms with van der Waals surface area (Å²) in [6, 6.07) is 2.32. The first-order valence-corrected chi connectivity index (χ1v) is 10.1. The Morgan fingerprint density at radius 2 is 2.07 bits per heavy atom. The van der Waals surface area contributed by atoms with Crippen LogP contribution in [-0.4, -0.2) is 47.0 Å². The van der Waals surface area contributed by atoms with Crippen molar-refractivity contribution in [2.45, 2.75) is 62.8 Å². The molecule has 1 amide bonds. The number of aromatic nitrogens is 1. The molecule has 2 saturated carbocycles. The van der Waals surface area contributed by atoms with E-state index < -0.39 is 11.7 Å². The Balaban J connectivity index is 1.33. The zero-order chi connectivity index (χ0) is 19.7. The van der Waals surface area contributed by atoms with Crippen LogP contribution in [0, 0.1) is 11.3 Å². The van der Waals surface area contributed by atoms with E-state index in [1.54, 1.807) is 0 Å². The highest BCUT2D eigenvalue weighted by Crippen LogP contribution is 2.55. The maximum Gasteiger partial charge on any atom is 0.416 e. The fraction of sp³-hybridized carbons (Fsp3) is 0.700. The van der Waals surface area contributed by atoms with Crippen molar-refractivity contribution < 1.29 is 18.0 Å². The Bertz CT molecular complexity index is 800. The highest BCUT2D eigenvalue weighted by molar-refractivity contribution is 5.85. The van der Waals surface area contributed by atoms with Gasteiger partial charge < -0.3 is 15.5 Å². The molecule has 28 heavy (non-hydrogen) atoms. The van der Waals surface area contributed by atoms with E-state index in [0.717, 1.165) is 50.7 Å². The number of hydrogen-bond donors (Lipinski definition) is 1. The molecule has 0 radical (unpaired) electrons. The first kappa shape index (κ1) is 18.2. The van der Waals surface area contributed by atoms with Gasteiger partial charge in [0.05, 0.1) is 23.1 Å². The van der Waals surface area contributed by atoms with Gasteiger partial charge >= 0.3 is 6.18 Å². The Morgan fingerprint density at radius 1 is 1.25 bits per heavy atom. The number of amides is 1. The molecular formula is C20H25F3N4O. The molecule has 2 aliphatic carbocycles. The number of pyridine rings is 1. The van der Waals surface area contributed by atoms with Crippen LogP contribution in [0.5, 0.6) is 0 Å². The van der Waals surface area contributed by atoms with Crippen molar-refractivity contribution in [2.75, 3.05) is 18.0 Å². The van der Waals surface area contributed by atoms with Gasteiger partial charge in [0.25, 0.3) is 0 Å². The average Bonchev–Trinajstić information content (AvgIpc) is 3.39. The number of nitrogens with zero attached hydrogens (tertiary/aromatic N) is 3. The summed E-state index contributed by atoms with van der Waals surface area (Å²) in [5.41, 5.74) is 5.22. The molecule has 4 fully saturated rings. The topological polar surface area (TPSA) is 62.5 Å². The van der Waals surface area contributed by atoms with Gasteiger partial charge in [0.1, 0.15) is 5.82 Å². The second-order valence-corrected chi connectivity index (χ2v) is 9.00. The summed E-state index contributed by atoms with van der Waals surface area (Å²) in [6.07, 6.45) is 2.46. The molecule has 1 aromatic rings. The largest absolute Gasteiger partial charge is 0.416 e. The number of rotatable bonds is 2. The van der Waals surface area contributed by atoms with Gasteiger partial charge in [-0.15, -0.1) is 0 Å². The third-order valence-electron chi connectivity index (χ3n) is 7.47. The van der Waals surface area contributed by atoms with Crippen molar-refractivity contribution in [3.8, 4) is 0 Å². The molecule has 5 atom stereocenters. The predicted molar refractivity (Wildman–Crippen MR) is 97.5 cm³/mol. The van der Waals surface area contributed by atoms with E-state index in [1.807, 2.05) is 9.80 Å². The van der Waals surface area contributed by atoms with E-state index in [4.69, 9.17) is 5.73 Å². The molecule has 152 valence electrons. The van der Waals surface area contributed by atoms with Crippen LogP contribution in [0.3, 0.4) is 0 Å². The number of halogens is 3. The summed E-state index contributed by atoms with van der Waals surface area (Å²) in [6.45, 7) is 1.13. The smallest absolute Gasteiger partial charge is 0.350 e. The van der Waals surface area contributed by atoms with E-state index in [2.05, 4.69) is 4.98 Å². The first-order valence-electron chi connectivity index (χ1n) is 10.1. The summed E-state index contributed by atoms with van der Waals surface area (Å²) in [5, 5.41) is 0. The highest BCUT2D eigenvalue weighted by atomic mass is 19.4. The molecule has 0 unspecified atom stereocenters. The zero-order valence-electron chi connectivity index (χ0n) is 15.7. The minimum absolute atomic E-state index is 0.0382. The lowest BCUT2D eigenvalue weighted by Gasteiger charge is -2.40. The predicted octanol–water partition coefficient (Wildman–Crippen LogP) is 2.80. The van der Waals surface area contributed by atoms with Crippen molar-refractivity contribution in [1.29, 1.82) is 0 Å². The van der Waals surface area contributed by atoms with Crippen LogP contribution < -0.4 is 10.6 Å². The van der Waals surface area contributed by atoms with Gasteiger partial charge in [0.15, 0.2) is 0 Å². The number of fused-ring (bicyclic) bond motifs is 3. The summed E-state index contributed by atoms with van der Waals surface area (Å²) in [4.78, 5) is 21.6. The first-order chi connectivity index (χ1) is 13.3. The SMILES string of the molecule is N[C@@H]1C[C@H]2CCC[C@@]2(C(=O)N2C[C@@H]3C[C@H]2CN3c2cc(C(F)(F)F)ccn2)C1. The molecule has 5 nitrogen and oxygen atoms in total. The molecule has 3 heterocycles. The average molecular weight is 394 g/mol. The lowest BCUT2D eigenvalue weighted by molar-refractivity contribution is -0.144. The van der Waals surface area contributed by atoms with Crippen LogP contribution in [0.2, 0.25) is 0 Å². The Kier molecular flexibility index (Phi) is 3.96. The van der Waals surface area contributed by atoms with E-state index >= 15 is 0 Å². The molecule has 0 spiro atoms. The summed E-state index contributed by atoms with van der Waals surface area (Å²) in [7, 11) is 0. The van der Waals surface area contributed by atoms with Gasteiger partial charge in [-0.05, 0) is 50.2 Å². The van der Waals surface area contributed by atoms with Crippen LogP contribution in [0.4, 0.5) is 19.0 Å². The standard InChI is InChI=1S/C20H25F3N4O/c21-20(22,23)13-3-5-25-17(7-13)26-10-16-8-15(26)11-27(16)18(28)19-4-1-2-12(19)6-14(24)9-19/h3,5,7,12,14-16H,1-2,4,6,8-11,24H2/t12-,14-,15+,16+,19-/m1/s1. The van der Waals surface area contributed by atoms with Crippen molar-refractivity contribution in [3.63, 3.8) is 0 Å². The van der Waals surface area contributed by atoms with Gasteiger partial charge in [-0.2, -0.15) is 13.2 Å². The van der Waals surface area contributed by atoms with Crippen molar-refractivity contribution >= 4 is 11.7 Å². The monoisotopic (exact) mass is 394 g/mol. The van der Waals surface area contributed by atoms with Gasteiger partial charge in [0, 0.05) is 25.3 Å². The van der Waals surface area contributed by atoms with Gasteiger partial charge in [0.2, 0.25) is 5.91 Å². The summed E-state index contributed by atoms with van der Waals surface area (Å²) in [5.74, 6) is 0.997. The molecule has 0 aromatic carbocycles. The molecule has 2 N–H and O–H groups in total. The van der Waals surface area contributed by atoms with Crippen molar-refractivity contribution in [3.05, 3.63) is 23.9 Å². The van der Waals surface area contributed by atoms with Crippen LogP contribution in [0.25, 0.3) is 0 Å². The summed E-state index contributed by atoms with van der Waals surface area (Å²) >= 11 is 0. The summed E-state index contributed by atoms with van der Waals surface area (Å²) < 4.78 is 39.1. The number of anilines is 1. The number of carbonyl (C=O) groups is 1. The Morgan fingerprint density at radius 3 is 2.79 bits per heavy atom. The molecule has 2 aliphatic heterocycles. The van der Waals surface area contributed by atoms with Gasteiger partial charge in [-0.25, -0.2) is 4.98 Å². The number of alkyl halides is 3. The number of nitrogens with two attached hydrogens (primary N) is 1. The maximum atomic E-state index is 13.5. The van der Waals surface area contributed by atoms with Gasteiger partial charge in [-0.1, -0.05) is 6.42 Å². The fourth-order valence-electron chi connectivity index (χ4n) is 6.28. The minimum atomic E-state index is -4.38. The van der Waals surface area contributed by atoms with Crippen LogP contribution >= 0.6 is 0 Å². The molecule has 4 aliphatic rings. The molecule has 2 saturated heterocycles. The number of piperazine rings is 1. The van der Waals surface area contributed by atoms with E-state index in [1.165, 1.54) is 6.20 Å². The van der Waals surface area contributed by atoms with E-state index in [0.29, 0.717) is 24.8 Å². The van der Waals surface area contributed by atoms with Crippen molar-refractivity contribution in [1.82, 2.24) is 9.88 Å². The maximum absolute atomic E-state index is 13.5. The number of carbonyl (C=O) groups excluding carboxylic acids is 1. The van der Waals surface area contributed by atoms with Crippen LogP contribution in [0.1, 0.15) is 44.1 Å². The van der Waals surface area contributed by atoms with Crippen LogP contribution in [0.15, 0.2) is 18.3 Å². The molecule has 8 heteroatoms. The number of hydrogen-bond acceptors (Lipinski definition) is 4. The zero-order valence-corrected chi connectivity index (χ0v) is 15.7. The van der Waals surface area contributed by atoms with E-state index in [-0.39, 0.29) is 29.4 Å².